The Bertz CT molecular complexity index is 863. The summed E-state index contributed by atoms with van der Waals surface area (Å²) in [6, 6.07) is 9.49. The maximum Gasteiger partial charge on any atom is 0.257 e. The van der Waals surface area contributed by atoms with Gasteiger partial charge >= 0.3 is 0 Å². The molecule has 2 heterocycles. The first-order valence-corrected chi connectivity index (χ1v) is 9.72. The van der Waals surface area contributed by atoms with Crippen molar-refractivity contribution < 1.29 is 4.79 Å². The van der Waals surface area contributed by atoms with Gasteiger partial charge in [0.15, 0.2) is 5.16 Å². The highest BCUT2D eigenvalue weighted by Gasteiger charge is 2.31. The van der Waals surface area contributed by atoms with E-state index in [1.807, 2.05) is 30.3 Å². The third-order valence-electron chi connectivity index (χ3n) is 5.05. The average Bonchev–Trinajstić information content (AvgIpc) is 3.05. The summed E-state index contributed by atoms with van der Waals surface area (Å²) in [4.78, 5) is 32.0. The minimum atomic E-state index is -0.106. The Hall–Kier alpha value is -2.08. The largest absolute Gasteiger partial charge is 0.315 e. The van der Waals surface area contributed by atoms with Crippen LogP contribution in [-0.2, 0) is 17.6 Å². The summed E-state index contributed by atoms with van der Waals surface area (Å²) in [5, 5.41) is 0.783. The lowest BCUT2D eigenvalue weighted by atomic mass is 9.97. The maximum absolute atomic E-state index is 12.9. The molecule has 25 heavy (non-hydrogen) atoms. The number of hydrogen-bond acceptors (Lipinski definition) is 4. The molecular formula is C19H21N3O2S. The van der Waals surface area contributed by atoms with Crippen LogP contribution in [0.1, 0.15) is 36.6 Å². The molecule has 0 radical (unpaired) electrons. The summed E-state index contributed by atoms with van der Waals surface area (Å²) < 4.78 is 1.77. The fourth-order valence-corrected chi connectivity index (χ4v) is 4.75. The van der Waals surface area contributed by atoms with E-state index in [0.29, 0.717) is 6.42 Å². The molecule has 0 spiro atoms. The van der Waals surface area contributed by atoms with Gasteiger partial charge in [0.25, 0.3) is 5.56 Å². The topological polar surface area (TPSA) is 55.2 Å². The number of nitrogens with zero attached hydrogens (tertiary/aromatic N) is 3. The van der Waals surface area contributed by atoms with Crippen LogP contribution in [0, 0.1) is 0 Å². The number of fused-ring (bicyclic) bond motifs is 2. The fourth-order valence-electron chi connectivity index (χ4n) is 3.60. The molecule has 2 aliphatic rings. The smallest absolute Gasteiger partial charge is 0.257 e. The summed E-state index contributed by atoms with van der Waals surface area (Å²) in [6.45, 7) is 0. The van der Waals surface area contributed by atoms with Crippen molar-refractivity contribution in [2.24, 2.45) is 0 Å². The number of anilines is 1. The monoisotopic (exact) mass is 355 g/mol. The number of rotatable bonds is 3. The molecule has 1 aromatic carbocycles. The van der Waals surface area contributed by atoms with Gasteiger partial charge in [0.1, 0.15) is 0 Å². The first kappa shape index (κ1) is 16.4. The lowest BCUT2D eigenvalue weighted by Crippen LogP contribution is -2.34. The zero-order chi connectivity index (χ0) is 17.4. The summed E-state index contributed by atoms with van der Waals surface area (Å²) >= 11 is 1.59. The van der Waals surface area contributed by atoms with Gasteiger partial charge in [0.05, 0.1) is 11.7 Å². The Balaban J connectivity index is 1.59. The van der Waals surface area contributed by atoms with Crippen LogP contribution in [-0.4, -0.2) is 28.3 Å². The number of hydrogen-bond donors (Lipinski definition) is 0. The number of benzene rings is 1. The number of carbonyl (C=O) groups is 1. The molecule has 0 bridgehead atoms. The van der Waals surface area contributed by atoms with Gasteiger partial charge in [0.2, 0.25) is 5.91 Å². The van der Waals surface area contributed by atoms with Gasteiger partial charge < -0.3 is 4.90 Å². The second-order valence-corrected chi connectivity index (χ2v) is 7.65. The van der Waals surface area contributed by atoms with Gasteiger partial charge in [-0.15, -0.1) is 0 Å². The Morgan fingerprint density at radius 3 is 2.84 bits per heavy atom. The lowest BCUT2D eigenvalue weighted by molar-refractivity contribution is -0.119. The maximum atomic E-state index is 12.9. The summed E-state index contributed by atoms with van der Waals surface area (Å²) in [6.07, 6.45) is 4.20. The second kappa shape index (κ2) is 6.67. The predicted molar refractivity (Wildman–Crippen MR) is 99.4 cm³/mol. The molecule has 0 N–H and O–H groups in total. The van der Waals surface area contributed by atoms with E-state index in [2.05, 4.69) is 0 Å². The van der Waals surface area contributed by atoms with Crippen molar-refractivity contribution >= 4 is 23.4 Å². The highest BCUT2D eigenvalue weighted by molar-refractivity contribution is 7.99. The Morgan fingerprint density at radius 2 is 2.04 bits per heavy atom. The van der Waals surface area contributed by atoms with E-state index in [1.54, 1.807) is 28.3 Å². The number of aromatic nitrogens is 2. The van der Waals surface area contributed by atoms with Crippen molar-refractivity contribution in [3.63, 3.8) is 0 Å². The Morgan fingerprint density at radius 1 is 1.28 bits per heavy atom. The van der Waals surface area contributed by atoms with Crippen LogP contribution in [0.5, 0.6) is 0 Å². The number of amides is 1. The molecule has 130 valence electrons. The van der Waals surface area contributed by atoms with Crippen LogP contribution in [0.15, 0.2) is 40.3 Å². The molecule has 6 heteroatoms. The summed E-state index contributed by atoms with van der Waals surface area (Å²) in [5.74, 6) is 0.758. The van der Waals surface area contributed by atoms with Crippen LogP contribution in [0.25, 0.3) is 0 Å². The molecule has 0 saturated carbocycles. The molecule has 1 unspecified atom stereocenters. The Kier molecular flexibility index (Phi) is 4.37. The highest BCUT2D eigenvalue weighted by Crippen LogP contribution is 2.34. The highest BCUT2D eigenvalue weighted by atomic mass is 32.2. The third-order valence-corrected chi connectivity index (χ3v) is 6.15. The van der Waals surface area contributed by atoms with Crippen molar-refractivity contribution in [2.45, 2.75) is 43.3 Å². The van der Waals surface area contributed by atoms with Crippen LogP contribution in [0.2, 0.25) is 0 Å². The third kappa shape index (κ3) is 2.99. The lowest BCUT2D eigenvalue weighted by Gasteiger charge is -2.21. The standard InChI is InChI=1S/C19H21N3O2S/c1-21(13-7-3-2-4-8-13)17(23)11-14-12-25-19-20-16-10-6-5-9-15(16)18(24)22(14)19/h2-4,7-8,14H,5-6,9-12H2,1H3. The molecule has 1 aromatic heterocycles. The van der Waals surface area contributed by atoms with E-state index in [1.165, 1.54) is 0 Å². The molecule has 0 fully saturated rings. The molecular weight excluding hydrogens is 334 g/mol. The van der Waals surface area contributed by atoms with E-state index in [0.717, 1.165) is 53.5 Å². The van der Waals surface area contributed by atoms with Gasteiger partial charge in [-0.1, -0.05) is 30.0 Å². The number of para-hydroxylation sites is 1. The Labute approximate surface area is 151 Å². The van der Waals surface area contributed by atoms with Crippen molar-refractivity contribution in [2.75, 3.05) is 17.7 Å². The zero-order valence-electron chi connectivity index (χ0n) is 14.3. The van der Waals surface area contributed by atoms with E-state index in [-0.39, 0.29) is 17.5 Å². The minimum Gasteiger partial charge on any atom is -0.315 e. The van der Waals surface area contributed by atoms with E-state index >= 15 is 0 Å². The average molecular weight is 355 g/mol. The normalized spacial score (nSPS) is 18.5. The van der Waals surface area contributed by atoms with E-state index < -0.39 is 0 Å². The number of aryl methyl sites for hydroxylation is 1. The fraction of sp³-hybridized carbons (Fsp3) is 0.421. The predicted octanol–water partition coefficient (Wildman–Crippen LogP) is 2.82. The van der Waals surface area contributed by atoms with Gasteiger partial charge in [0, 0.05) is 30.5 Å². The van der Waals surface area contributed by atoms with Gasteiger partial charge in [-0.25, -0.2) is 4.98 Å². The number of thioether (sulfide) groups is 1. The number of carbonyl (C=O) groups excluding carboxylic acids is 1. The van der Waals surface area contributed by atoms with Crippen LogP contribution >= 0.6 is 11.8 Å². The molecule has 5 nitrogen and oxygen atoms in total. The zero-order valence-corrected chi connectivity index (χ0v) is 15.1. The minimum absolute atomic E-state index is 0.0225. The van der Waals surface area contributed by atoms with Crippen LogP contribution in [0.3, 0.4) is 0 Å². The van der Waals surface area contributed by atoms with Crippen molar-refractivity contribution in [3.8, 4) is 0 Å². The molecule has 1 atom stereocenters. The van der Waals surface area contributed by atoms with Gasteiger partial charge in [-0.3, -0.25) is 14.2 Å². The van der Waals surface area contributed by atoms with Gasteiger partial charge in [-0.05, 0) is 37.8 Å². The molecule has 4 rings (SSSR count). The van der Waals surface area contributed by atoms with Crippen molar-refractivity contribution in [3.05, 3.63) is 51.9 Å². The molecule has 1 amide bonds. The molecule has 0 saturated heterocycles. The van der Waals surface area contributed by atoms with E-state index in [4.69, 9.17) is 4.98 Å². The molecule has 1 aliphatic heterocycles. The van der Waals surface area contributed by atoms with E-state index in [9.17, 15) is 9.59 Å². The molecule has 1 aliphatic carbocycles. The molecule has 2 aromatic rings. The summed E-state index contributed by atoms with van der Waals surface area (Å²) in [7, 11) is 1.79. The SMILES string of the molecule is CN(C(=O)CC1CSc2nc3c(c(=O)n21)CCCC3)c1ccccc1. The van der Waals surface area contributed by atoms with Gasteiger partial charge in [-0.2, -0.15) is 0 Å². The van der Waals surface area contributed by atoms with Crippen molar-refractivity contribution in [1.29, 1.82) is 0 Å². The first-order chi connectivity index (χ1) is 12.1. The quantitative estimate of drug-likeness (QED) is 0.795. The summed E-state index contributed by atoms with van der Waals surface area (Å²) in [5.41, 5.74) is 2.79. The second-order valence-electron chi connectivity index (χ2n) is 6.66. The first-order valence-electron chi connectivity index (χ1n) is 8.74. The van der Waals surface area contributed by atoms with Crippen LogP contribution < -0.4 is 10.5 Å². The van der Waals surface area contributed by atoms with Crippen molar-refractivity contribution in [1.82, 2.24) is 9.55 Å². The van der Waals surface area contributed by atoms with Crippen LogP contribution in [0.4, 0.5) is 5.69 Å².